The molecule has 0 aliphatic carbocycles. The third kappa shape index (κ3) is 2.85. The van der Waals surface area contributed by atoms with Gasteiger partial charge in [0.2, 0.25) is 0 Å². The molecule has 1 amide bonds. The van der Waals surface area contributed by atoms with Crippen LogP contribution in [0.25, 0.3) is 10.8 Å². The lowest BCUT2D eigenvalue weighted by molar-refractivity contribution is 0.0742. The zero-order valence-corrected chi connectivity index (χ0v) is 14.4. The minimum absolute atomic E-state index is 0.0965. The molecule has 0 saturated carbocycles. The average molecular weight is 351 g/mol. The molecular formula is C19H18FN5O. The molecule has 3 heterocycles. The zero-order chi connectivity index (χ0) is 18.1. The summed E-state index contributed by atoms with van der Waals surface area (Å²) in [6.45, 7) is 3.64. The average Bonchev–Trinajstić information content (AvgIpc) is 2.69. The molecule has 3 aromatic rings. The van der Waals surface area contributed by atoms with Crippen LogP contribution in [-0.4, -0.2) is 51.9 Å². The fourth-order valence-corrected chi connectivity index (χ4v) is 3.23. The van der Waals surface area contributed by atoms with Crippen LogP contribution in [0.5, 0.6) is 0 Å². The van der Waals surface area contributed by atoms with Gasteiger partial charge in [-0.2, -0.15) is 0 Å². The number of anilines is 1. The van der Waals surface area contributed by atoms with Gasteiger partial charge in [-0.3, -0.25) is 9.78 Å². The van der Waals surface area contributed by atoms with Crippen LogP contribution in [0.4, 0.5) is 10.2 Å². The molecule has 0 radical (unpaired) electrons. The number of halogens is 1. The van der Waals surface area contributed by atoms with Crippen molar-refractivity contribution in [3.63, 3.8) is 0 Å². The van der Waals surface area contributed by atoms with E-state index in [0.717, 1.165) is 10.8 Å². The zero-order valence-electron chi connectivity index (χ0n) is 14.4. The number of carbonyl (C=O) groups is 1. The highest BCUT2D eigenvalue weighted by Gasteiger charge is 2.26. The van der Waals surface area contributed by atoms with E-state index < -0.39 is 5.82 Å². The van der Waals surface area contributed by atoms with Crippen molar-refractivity contribution in [3.8, 4) is 0 Å². The first-order valence-corrected chi connectivity index (χ1v) is 8.50. The summed E-state index contributed by atoms with van der Waals surface area (Å²) < 4.78 is 14.2. The summed E-state index contributed by atoms with van der Waals surface area (Å²) in [5.74, 6) is -0.198. The standard InChI is InChI=1S/C19H18FN5O/c1-13-16(20)18(23-12-22-13)24-8-10-25(11-9-24)19(26)17-15-5-3-2-4-14(15)6-7-21-17/h2-7,12H,8-11H2,1H3. The van der Waals surface area contributed by atoms with Crippen molar-refractivity contribution in [2.24, 2.45) is 0 Å². The number of pyridine rings is 1. The van der Waals surface area contributed by atoms with E-state index in [1.165, 1.54) is 6.33 Å². The van der Waals surface area contributed by atoms with Crippen LogP contribution in [0.1, 0.15) is 16.2 Å². The van der Waals surface area contributed by atoms with Crippen LogP contribution < -0.4 is 4.90 Å². The number of benzene rings is 1. The number of rotatable bonds is 2. The molecule has 0 spiro atoms. The molecule has 26 heavy (non-hydrogen) atoms. The Kier molecular flexibility index (Phi) is 4.20. The minimum Gasteiger partial charge on any atom is -0.351 e. The SMILES string of the molecule is Cc1ncnc(N2CCN(C(=O)c3nccc4ccccc34)CC2)c1F. The second-order valence-electron chi connectivity index (χ2n) is 6.26. The van der Waals surface area contributed by atoms with Gasteiger partial charge in [-0.1, -0.05) is 24.3 Å². The number of carbonyl (C=O) groups excluding carboxylic acids is 1. The Morgan fingerprint density at radius 3 is 2.62 bits per heavy atom. The van der Waals surface area contributed by atoms with Crippen molar-refractivity contribution < 1.29 is 9.18 Å². The van der Waals surface area contributed by atoms with Crippen LogP contribution in [0.3, 0.4) is 0 Å². The fourth-order valence-electron chi connectivity index (χ4n) is 3.23. The summed E-state index contributed by atoms with van der Waals surface area (Å²) in [6, 6.07) is 9.60. The van der Waals surface area contributed by atoms with Crippen LogP contribution in [-0.2, 0) is 0 Å². The smallest absolute Gasteiger partial charge is 0.273 e. The van der Waals surface area contributed by atoms with Crippen molar-refractivity contribution in [2.75, 3.05) is 31.1 Å². The first kappa shape index (κ1) is 16.4. The lowest BCUT2D eigenvalue weighted by Crippen LogP contribution is -2.49. The van der Waals surface area contributed by atoms with Gasteiger partial charge in [0.25, 0.3) is 5.91 Å². The largest absolute Gasteiger partial charge is 0.351 e. The number of fused-ring (bicyclic) bond motifs is 1. The normalized spacial score (nSPS) is 14.7. The lowest BCUT2D eigenvalue weighted by atomic mass is 10.1. The van der Waals surface area contributed by atoms with Crippen molar-refractivity contribution in [2.45, 2.75) is 6.92 Å². The van der Waals surface area contributed by atoms with Crippen molar-refractivity contribution in [1.82, 2.24) is 19.9 Å². The Morgan fingerprint density at radius 1 is 1.04 bits per heavy atom. The number of aromatic nitrogens is 3. The van der Waals surface area contributed by atoms with Gasteiger partial charge in [0.05, 0.1) is 5.69 Å². The number of nitrogens with zero attached hydrogens (tertiary/aromatic N) is 5. The molecule has 1 fully saturated rings. The Hall–Kier alpha value is -3.09. The van der Waals surface area contributed by atoms with Crippen LogP contribution >= 0.6 is 0 Å². The van der Waals surface area contributed by atoms with E-state index >= 15 is 0 Å². The van der Waals surface area contributed by atoms with Crippen LogP contribution in [0.15, 0.2) is 42.9 Å². The molecular weight excluding hydrogens is 333 g/mol. The quantitative estimate of drug-likeness (QED) is 0.710. The molecule has 0 unspecified atom stereocenters. The first-order valence-electron chi connectivity index (χ1n) is 8.50. The summed E-state index contributed by atoms with van der Waals surface area (Å²) in [7, 11) is 0. The fraction of sp³-hybridized carbons (Fsp3) is 0.263. The third-order valence-corrected chi connectivity index (χ3v) is 4.69. The molecule has 1 aliphatic rings. The Morgan fingerprint density at radius 2 is 1.81 bits per heavy atom. The van der Waals surface area contributed by atoms with Crippen molar-refractivity contribution in [3.05, 3.63) is 60.1 Å². The van der Waals surface area contributed by atoms with E-state index in [1.54, 1.807) is 18.0 Å². The Balaban J connectivity index is 1.53. The van der Waals surface area contributed by atoms with Crippen molar-refractivity contribution in [1.29, 1.82) is 0 Å². The molecule has 1 saturated heterocycles. The minimum atomic E-state index is -0.400. The van der Waals surface area contributed by atoms with Gasteiger partial charge in [-0.15, -0.1) is 0 Å². The number of hydrogen-bond acceptors (Lipinski definition) is 5. The van der Waals surface area contributed by atoms with E-state index in [1.807, 2.05) is 35.2 Å². The molecule has 0 bridgehead atoms. The lowest BCUT2D eigenvalue weighted by Gasteiger charge is -2.35. The predicted molar refractivity (Wildman–Crippen MR) is 96.6 cm³/mol. The second kappa shape index (κ2) is 6.67. The van der Waals surface area contributed by atoms with Crippen LogP contribution in [0, 0.1) is 12.7 Å². The first-order chi connectivity index (χ1) is 12.6. The summed E-state index contributed by atoms with van der Waals surface area (Å²) in [4.78, 5) is 28.8. The van der Waals surface area contributed by atoms with E-state index in [9.17, 15) is 9.18 Å². The van der Waals surface area contributed by atoms with E-state index in [-0.39, 0.29) is 5.91 Å². The maximum Gasteiger partial charge on any atom is 0.273 e. The summed E-state index contributed by atoms with van der Waals surface area (Å²) in [6.07, 6.45) is 3.02. The van der Waals surface area contributed by atoms with E-state index in [2.05, 4.69) is 15.0 Å². The summed E-state index contributed by atoms with van der Waals surface area (Å²) >= 11 is 0. The van der Waals surface area contributed by atoms with Gasteiger partial charge in [-0.05, 0) is 18.4 Å². The number of amides is 1. The van der Waals surface area contributed by atoms with Crippen LogP contribution in [0.2, 0.25) is 0 Å². The molecule has 1 aliphatic heterocycles. The molecule has 132 valence electrons. The maximum absolute atomic E-state index is 14.2. The number of piperazine rings is 1. The maximum atomic E-state index is 14.2. The van der Waals surface area contributed by atoms with Gasteiger partial charge in [0.1, 0.15) is 12.0 Å². The molecule has 1 aromatic carbocycles. The monoisotopic (exact) mass is 351 g/mol. The van der Waals surface area contributed by atoms with E-state index in [0.29, 0.717) is 43.4 Å². The van der Waals surface area contributed by atoms with Gasteiger partial charge in [0, 0.05) is 37.8 Å². The number of aryl methyl sites for hydroxylation is 1. The Bertz CT molecular complexity index is 964. The Labute approximate surface area is 150 Å². The topological polar surface area (TPSA) is 62.2 Å². The van der Waals surface area contributed by atoms with Gasteiger partial charge in [0.15, 0.2) is 11.6 Å². The number of hydrogen-bond donors (Lipinski definition) is 0. The molecule has 0 atom stereocenters. The molecule has 4 rings (SSSR count). The highest BCUT2D eigenvalue weighted by atomic mass is 19.1. The van der Waals surface area contributed by atoms with Gasteiger partial charge >= 0.3 is 0 Å². The summed E-state index contributed by atoms with van der Waals surface area (Å²) in [5.41, 5.74) is 0.786. The molecule has 7 heteroatoms. The van der Waals surface area contributed by atoms with E-state index in [4.69, 9.17) is 0 Å². The van der Waals surface area contributed by atoms with Gasteiger partial charge < -0.3 is 9.80 Å². The molecule has 0 N–H and O–H groups in total. The van der Waals surface area contributed by atoms with Gasteiger partial charge in [-0.25, -0.2) is 14.4 Å². The third-order valence-electron chi connectivity index (χ3n) is 4.69. The predicted octanol–water partition coefficient (Wildman–Crippen LogP) is 2.43. The second-order valence-corrected chi connectivity index (χ2v) is 6.26. The molecule has 6 nitrogen and oxygen atoms in total. The molecule has 2 aromatic heterocycles. The van der Waals surface area contributed by atoms with Crippen molar-refractivity contribution >= 4 is 22.5 Å². The summed E-state index contributed by atoms with van der Waals surface area (Å²) in [5, 5.41) is 1.84. The highest BCUT2D eigenvalue weighted by Crippen LogP contribution is 2.21. The highest BCUT2D eigenvalue weighted by molar-refractivity contribution is 6.05.